The normalized spacial score (nSPS) is 11.0. The monoisotopic (exact) mass is 403 g/mol. The molecule has 136 valence electrons. The van der Waals surface area contributed by atoms with Gasteiger partial charge in [-0.1, -0.05) is 18.2 Å². The van der Waals surface area contributed by atoms with Crippen molar-refractivity contribution in [1.29, 1.82) is 0 Å². The van der Waals surface area contributed by atoms with E-state index in [1.807, 2.05) is 64.6 Å². The zero-order valence-electron chi connectivity index (χ0n) is 14.4. The summed E-state index contributed by atoms with van der Waals surface area (Å²) in [5, 5.41) is 5.77. The number of hydrogen-bond acceptors (Lipinski definition) is 6. The average molecular weight is 403 g/mol. The number of imidazole rings is 1. The Morgan fingerprint density at radius 2 is 1.96 bits per heavy atom. The van der Waals surface area contributed by atoms with Crippen molar-refractivity contribution in [1.82, 2.24) is 19.4 Å². The summed E-state index contributed by atoms with van der Waals surface area (Å²) < 4.78 is 1.87. The number of thiophene rings is 1. The van der Waals surface area contributed by atoms with Crippen molar-refractivity contribution in [3.8, 4) is 21.1 Å². The lowest BCUT2D eigenvalue weighted by atomic mass is 10.1. The molecular formula is C20H13N5OS2. The van der Waals surface area contributed by atoms with E-state index in [0.29, 0.717) is 10.7 Å². The summed E-state index contributed by atoms with van der Waals surface area (Å²) in [4.78, 5) is 27.2. The first kappa shape index (κ1) is 16.8. The number of thiazole rings is 1. The fraction of sp³-hybridized carbons (Fsp3) is 0. The van der Waals surface area contributed by atoms with Crippen molar-refractivity contribution < 1.29 is 4.79 Å². The van der Waals surface area contributed by atoms with Crippen LogP contribution in [0.3, 0.4) is 0 Å². The van der Waals surface area contributed by atoms with Gasteiger partial charge in [-0.2, -0.15) is 0 Å². The zero-order chi connectivity index (χ0) is 18.9. The highest BCUT2D eigenvalue weighted by Gasteiger charge is 2.13. The van der Waals surface area contributed by atoms with Crippen LogP contribution in [-0.2, 0) is 0 Å². The number of hydrogen-bond donors (Lipinski definition) is 1. The van der Waals surface area contributed by atoms with Gasteiger partial charge in [-0.3, -0.25) is 9.20 Å². The quantitative estimate of drug-likeness (QED) is 0.466. The largest absolute Gasteiger partial charge is 0.321 e. The average Bonchev–Trinajstić information content (AvgIpc) is 3.48. The van der Waals surface area contributed by atoms with Gasteiger partial charge in [0.1, 0.15) is 9.88 Å². The molecule has 4 aromatic heterocycles. The molecule has 1 N–H and O–H groups in total. The molecule has 0 atom stereocenters. The van der Waals surface area contributed by atoms with Gasteiger partial charge in [0.2, 0.25) is 5.78 Å². The third-order valence-corrected chi connectivity index (χ3v) is 6.17. The van der Waals surface area contributed by atoms with Crippen molar-refractivity contribution in [3.63, 3.8) is 0 Å². The van der Waals surface area contributed by atoms with Crippen molar-refractivity contribution >= 4 is 40.0 Å². The Balaban J connectivity index is 1.32. The second kappa shape index (κ2) is 6.99. The molecule has 0 fully saturated rings. The highest BCUT2D eigenvalue weighted by molar-refractivity contribution is 7.22. The summed E-state index contributed by atoms with van der Waals surface area (Å²) >= 11 is 3.00. The van der Waals surface area contributed by atoms with Crippen molar-refractivity contribution in [2.75, 3.05) is 5.32 Å². The lowest BCUT2D eigenvalue weighted by Gasteiger charge is -2.04. The molecule has 1 aromatic carbocycles. The number of nitrogens with one attached hydrogen (secondary N) is 1. The minimum atomic E-state index is -0.162. The number of nitrogens with zero attached hydrogens (tertiary/aromatic N) is 4. The molecule has 4 heterocycles. The molecule has 5 aromatic rings. The summed E-state index contributed by atoms with van der Waals surface area (Å²) in [5.74, 6) is 0.492. The van der Waals surface area contributed by atoms with Crippen LogP contribution < -0.4 is 5.32 Å². The summed E-state index contributed by atoms with van der Waals surface area (Å²) in [6.07, 6.45) is 7.17. The van der Waals surface area contributed by atoms with E-state index in [-0.39, 0.29) is 5.91 Å². The third kappa shape index (κ3) is 3.19. The Labute approximate surface area is 168 Å². The minimum absolute atomic E-state index is 0.162. The second-order valence-corrected chi connectivity index (χ2v) is 7.97. The molecule has 6 nitrogen and oxygen atoms in total. The van der Waals surface area contributed by atoms with Gasteiger partial charge in [0.15, 0.2) is 0 Å². The molecule has 1 amide bonds. The Morgan fingerprint density at radius 1 is 1.07 bits per heavy atom. The lowest BCUT2D eigenvalue weighted by molar-refractivity contribution is 0.103. The second-order valence-electron chi connectivity index (χ2n) is 5.99. The number of carbonyl (C=O) groups excluding carboxylic acids is 1. The van der Waals surface area contributed by atoms with E-state index in [1.165, 1.54) is 11.3 Å². The minimum Gasteiger partial charge on any atom is -0.321 e. The maximum absolute atomic E-state index is 12.5. The van der Waals surface area contributed by atoms with E-state index in [4.69, 9.17) is 0 Å². The van der Waals surface area contributed by atoms with E-state index in [1.54, 1.807) is 23.7 Å². The van der Waals surface area contributed by atoms with Crippen LogP contribution in [0.1, 0.15) is 9.67 Å². The van der Waals surface area contributed by atoms with E-state index < -0.39 is 0 Å². The van der Waals surface area contributed by atoms with Crippen LogP contribution in [0.5, 0.6) is 0 Å². The van der Waals surface area contributed by atoms with Crippen molar-refractivity contribution in [2.24, 2.45) is 0 Å². The van der Waals surface area contributed by atoms with E-state index >= 15 is 0 Å². The molecule has 0 saturated carbocycles. The van der Waals surface area contributed by atoms with E-state index in [2.05, 4.69) is 20.3 Å². The Morgan fingerprint density at radius 3 is 2.75 bits per heavy atom. The molecule has 28 heavy (non-hydrogen) atoms. The molecule has 0 aliphatic heterocycles. The topological polar surface area (TPSA) is 72.2 Å². The first-order valence-electron chi connectivity index (χ1n) is 8.47. The summed E-state index contributed by atoms with van der Waals surface area (Å²) in [6.45, 7) is 0. The standard InChI is InChI=1S/C20H13N5OS2/c26-18(17-11-22-19(28-17)16-3-1-10-27-16)23-14-6-4-13(5-7-14)15-12-25-9-2-8-21-20(25)24-15/h1-12H,(H,23,26). The van der Waals surface area contributed by atoms with Crippen LogP contribution in [-0.4, -0.2) is 25.3 Å². The van der Waals surface area contributed by atoms with Crippen LogP contribution in [0.25, 0.3) is 26.9 Å². The first-order chi connectivity index (χ1) is 13.8. The molecular weight excluding hydrogens is 390 g/mol. The third-order valence-electron chi connectivity index (χ3n) is 4.14. The Bertz CT molecular complexity index is 1220. The SMILES string of the molecule is O=C(Nc1ccc(-c2cn3cccnc3n2)cc1)c1cnc(-c2cccs2)s1. The van der Waals surface area contributed by atoms with Crippen LogP contribution in [0.4, 0.5) is 5.69 Å². The van der Waals surface area contributed by atoms with Crippen molar-refractivity contribution in [2.45, 2.75) is 0 Å². The Kier molecular flexibility index (Phi) is 4.19. The number of fused-ring (bicyclic) bond motifs is 1. The van der Waals surface area contributed by atoms with Gasteiger partial charge in [0.25, 0.3) is 5.91 Å². The number of aromatic nitrogens is 4. The smallest absolute Gasteiger partial charge is 0.267 e. The summed E-state index contributed by atoms with van der Waals surface area (Å²) in [5.41, 5.74) is 2.52. The Hall–Kier alpha value is -3.36. The highest BCUT2D eigenvalue weighted by Crippen LogP contribution is 2.29. The number of anilines is 1. The van der Waals surface area contributed by atoms with Gasteiger partial charge < -0.3 is 5.32 Å². The summed E-state index contributed by atoms with van der Waals surface area (Å²) in [7, 11) is 0. The molecule has 0 unspecified atom stereocenters. The molecule has 0 saturated heterocycles. The fourth-order valence-corrected chi connectivity index (χ4v) is 4.39. The van der Waals surface area contributed by atoms with Gasteiger partial charge in [0, 0.05) is 29.8 Å². The zero-order valence-corrected chi connectivity index (χ0v) is 16.1. The van der Waals surface area contributed by atoms with Crippen LogP contribution in [0.2, 0.25) is 0 Å². The maximum Gasteiger partial charge on any atom is 0.267 e. The van der Waals surface area contributed by atoms with E-state index in [0.717, 1.165) is 26.8 Å². The van der Waals surface area contributed by atoms with E-state index in [9.17, 15) is 4.79 Å². The van der Waals surface area contributed by atoms with Crippen LogP contribution >= 0.6 is 22.7 Å². The van der Waals surface area contributed by atoms with Crippen molar-refractivity contribution in [3.05, 3.63) is 77.5 Å². The van der Waals surface area contributed by atoms with Gasteiger partial charge in [-0.15, -0.1) is 22.7 Å². The van der Waals surface area contributed by atoms with Gasteiger partial charge >= 0.3 is 0 Å². The predicted molar refractivity (Wildman–Crippen MR) is 112 cm³/mol. The highest BCUT2D eigenvalue weighted by atomic mass is 32.1. The molecule has 0 spiro atoms. The number of benzene rings is 1. The first-order valence-corrected chi connectivity index (χ1v) is 10.2. The molecule has 0 aliphatic carbocycles. The predicted octanol–water partition coefficient (Wildman–Crippen LogP) is 4.83. The van der Waals surface area contributed by atoms with Crippen LogP contribution in [0, 0.1) is 0 Å². The molecule has 0 radical (unpaired) electrons. The number of amides is 1. The van der Waals surface area contributed by atoms with Gasteiger partial charge in [-0.25, -0.2) is 15.0 Å². The number of rotatable bonds is 4. The van der Waals surface area contributed by atoms with Gasteiger partial charge in [0.05, 0.1) is 16.8 Å². The van der Waals surface area contributed by atoms with Gasteiger partial charge in [-0.05, 0) is 29.6 Å². The fourth-order valence-electron chi connectivity index (χ4n) is 2.78. The lowest BCUT2D eigenvalue weighted by Crippen LogP contribution is -2.09. The number of carbonyl (C=O) groups is 1. The molecule has 0 aliphatic rings. The molecule has 5 rings (SSSR count). The molecule has 0 bridgehead atoms. The van der Waals surface area contributed by atoms with Crippen LogP contribution in [0.15, 0.2) is 72.6 Å². The molecule has 8 heteroatoms. The maximum atomic E-state index is 12.5. The summed E-state index contributed by atoms with van der Waals surface area (Å²) in [6, 6.07) is 13.4.